The number of hydrogen-bond acceptors (Lipinski definition) is 4. The van der Waals surface area contributed by atoms with Gasteiger partial charge in [-0.1, -0.05) is 84.9 Å². The van der Waals surface area contributed by atoms with Crippen molar-refractivity contribution in [2.45, 2.75) is 51.9 Å². The van der Waals surface area contributed by atoms with Crippen LogP contribution in [0.5, 0.6) is 0 Å². The van der Waals surface area contributed by atoms with E-state index in [9.17, 15) is 9.59 Å². The van der Waals surface area contributed by atoms with Crippen LogP contribution in [0, 0.1) is 5.92 Å². The summed E-state index contributed by atoms with van der Waals surface area (Å²) in [6.07, 6.45) is 0.820. The predicted octanol–water partition coefficient (Wildman–Crippen LogP) is 6.27. The van der Waals surface area contributed by atoms with Gasteiger partial charge in [0.25, 0.3) is 0 Å². The predicted molar refractivity (Wildman–Crippen MR) is 137 cm³/mol. The normalized spacial score (nSPS) is 17.7. The number of amides is 1. The molecule has 0 aromatic heterocycles. The van der Waals surface area contributed by atoms with Crippen molar-refractivity contribution < 1.29 is 19.1 Å². The highest BCUT2D eigenvalue weighted by atomic mass is 16.6. The molecule has 5 heteroatoms. The van der Waals surface area contributed by atoms with Gasteiger partial charge in [-0.2, -0.15) is 0 Å². The van der Waals surface area contributed by atoms with Crippen molar-refractivity contribution in [1.29, 1.82) is 0 Å². The standard InChI is InChI=1S/C30H33NO4/c1-30(2,3)35-29(33)31-20-23(19-27(31)28(32)34-21-22-12-6-4-7-13-22)18-25-16-10-11-17-26(25)24-14-8-5-9-15-24/h4-17,23,27H,18-21H2,1-3H3/t23-,27+/m0/s1. The minimum Gasteiger partial charge on any atom is -0.459 e. The van der Waals surface area contributed by atoms with Crippen molar-refractivity contribution in [2.24, 2.45) is 5.92 Å². The number of carbonyl (C=O) groups excluding carboxylic acids is 2. The number of ether oxygens (including phenoxy) is 2. The lowest BCUT2D eigenvalue weighted by molar-refractivity contribution is -0.150. The van der Waals surface area contributed by atoms with Crippen LogP contribution in [-0.4, -0.2) is 35.2 Å². The number of rotatable bonds is 6. The van der Waals surface area contributed by atoms with Crippen LogP contribution in [0.2, 0.25) is 0 Å². The van der Waals surface area contributed by atoms with Gasteiger partial charge in [0.15, 0.2) is 0 Å². The van der Waals surface area contributed by atoms with Gasteiger partial charge in [0, 0.05) is 6.54 Å². The summed E-state index contributed by atoms with van der Waals surface area (Å²) in [7, 11) is 0. The van der Waals surface area contributed by atoms with Crippen molar-refractivity contribution in [3.8, 4) is 11.1 Å². The molecule has 5 nitrogen and oxygen atoms in total. The highest BCUT2D eigenvalue weighted by Crippen LogP contribution is 2.32. The van der Waals surface area contributed by atoms with E-state index in [1.54, 1.807) is 4.90 Å². The van der Waals surface area contributed by atoms with E-state index in [0.29, 0.717) is 13.0 Å². The minimum absolute atomic E-state index is 0.113. The first kappa shape index (κ1) is 24.5. The van der Waals surface area contributed by atoms with Gasteiger partial charge in [-0.05, 0) is 61.8 Å². The van der Waals surface area contributed by atoms with Crippen LogP contribution in [0.3, 0.4) is 0 Å². The van der Waals surface area contributed by atoms with Crippen LogP contribution < -0.4 is 0 Å². The third-order valence-electron chi connectivity index (χ3n) is 6.12. The fraction of sp³-hybridized carbons (Fsp3) is 0.333. The molecule has 0 bridgehead atoms. The average molecular weight is 472 g/mol. The molecule has 0 spiro atoms. The molecule has 3 aromatic carbocycles. The van der Waals surface area contributed by atoms with E-state index in [1.807, 2.05) is 81.4 Å². The van der Waals surface area contributed by atoms with Gasteiger partial charge in [0.05, 0.1) is 0 Å². The zero-order chi connectivity index (χ0) is 24.8. The highest BCUT2D eigenvalue weighted by Gasteiger charge is 2.42. The van der Waals surface area contributed by atoms with Gasteiger partial charge in [-0.25, -0.2) is 9.59 Å². The molecule has 1 fully saturated rings. The topological polar surface area (TPSA) is 55.8 Å². The summed E-state index contributed by atoms with van der Waals surface area (Å²) in [5, 5.41) is 0. The number of carbonyl (C=O) groups is 2. The molecule has 35 heavy (non-hydrogen) atoms. The molecule has 2 atom stereocenters. The van der Waals surface area contributed by atoms with Gasteiger partial charge >= 0.3 is 12.1 Å². The van der Waals surface area contributed by atoms with E-state index in [4.69, 9.17) is 9.47 Å². The van der Waals surface area contributed by atoms with Crippen LogP contribution in [0.1, 0.15) is 38.3 Å². The summed E-state index contributed by atoms with van der Waals surface area (Å²) in [5.41, 5.74) is 3.80. The Bertz CT molecular complexity index is 1140. The second-order valence-electron chi connectivity index (χ2n) is 10.1. The SMILES string of the molecule is CC(C)(C)OC(=O)N1C[C@@H](Cc2ccccc2-c2ccccc2)C[C@@H]1C(=O)OCc1ccccc1. The lowest BCUT2D eigenvalue weighted by atomic mass is 9.91. The Morgan fingerprint density at radius 2 is 1.51 bits per heavy atom. The largest absolute Gasteiger partial charge is 0.459 e. The minimum atomic E-state index is -0.664. The second-order valence-corrected chi connectivity index (χ2v) is 10.1. The van der Waals surface area contributed by atoms with Crippen molar-refractivity contribution in [1.82, 2.24) is 4.90 Å². The Kier molecular flexibility index (Phi) is 7.54. The third-order valence-corrected chi connectivity index (χ3v) is 6.12. The lowest BCUT2D eigenvalue weighted by Crippen LogP contribution is -2.44. The molecule has 0 saturated carbocycles. The van der Waals surface area contributed by atoms with Crippen molar-refractivity contribution in [2.75, 3.05) is 6.54 Å². The van der Waals surface area contributed by atoms with Gasteiger partial charge in [0.1, 0.15) is 18.2 Å². The molecule has 1 saturated heterocycles. The fourth-order valence-electron chi connectivity index (χ4n) is 4.55. The molecule has 0 N–H and O–H groups in total. The molecular weight excluding hydrogens is 438 g/mol. The maximum Gasteiger partial charge on any atom is 0.411 e. The van der Waals surface area contributed by atoms with E-state index in [-0.39, 0.29) is 12.5 Å². The van der Waals surface area contributed by atoms with Crippen molar-refractivity contribution in [3.05, 3.63) is 96.1 Å². The van der Waals surface area contributed by atoms with Crippen LogP contribution in [0.15, 0.2) is 84.9 Å². The van der Waals surface area contributed by atoms with Gasteiger partial charge < -0.3 is 9.47 Å². The fourth-order valence-corrected chi connectivity index (χ4v) is 4.55. The van der Waals surface area contributed by atoms with Crippen molar-refractivity contribution >= 4 is 12.1 Å². The average Bonchev–Trinajstić information content (AvgIpc) is 3.27. The summed E-state index contributed by atoms with van der Waals surface area (Å²) in [4.78, 5) is 27.7. The first-order valence-electron chi connectivity index (χ1n) is 12.1. The van der Waals surface area contributed by atoms with E-state index in [1.165, 1.54) is 11.1 Å². The molecule has 4 rings (SSSR count). The number of benzene rings is 3. The molecule has 0 unspecified atom stereocenters. The third kappa shape index (κ3) is 6.50. The number of esters is 1. The maximum atomic E-state index is 13.1. The molecular formula is C30H33NO4. The number of hydrogen-bond donors (Lipinski definition) is 0. The number of nitrogens with zero attached hydrogens (tertiary/aromatic N) is 1. The molecule has 1 aliphatic rings. The molecule has 0 radical (unpaired) electrons. The van der Waals surface area contributed by atoms with Gasteiger partial charge in [-0.3, -0.25) is 4.90 Å². The zero-order valence-corrected chi connectivity index (χ0v) is 20.6. The van der Waals surface area contributed by atoms with E-state index >= 15 is 0 Å². The Balaban J connectivity index is 1.52. The van der Waals surface area contributed by atoms with Crippen LogP contribution in [0.4, 0.5) is 4.79 Å². The van der Waals surface area contributed by atoms with E-state index < -0.39 is 23.7 Å². The zero-order valence-electron chi connectivity index (χ0n) is 20.6. The Labute approximate surface area is 207 Å². The molecule has 3 aromatic rings. The Hall–Kier alpha value is -3.60. The Morgan fingerprint density at radius 1 is 0.886 bits per heavy atom. The number of likely N-dealkylation sites (tertiary alicyclic amines) is 1. The lowest BCUT2D eigenvalue weighted by Gasteiger charge is -2.27. The second kappa shape index (κ2) is 10.8. The van der Waals surface area contributed by atoms with Gasteiger partial charge in [0.2, 0.25) is 0 Å². The molecule has 182 valence electrons. The molecule has 1 heterocycles. The summed E-state index contributed by atoms with van der Waals surface area (Å²) < 4.78 is 11.3. The first-order chi connectivity index (χ1) is 16.8. The maximum absolute atomic E-state index is 13.1. The summed E-state index contributed by atoms with van der Waals surface area (Å²) in [5.74, 6) is -0.278. The molecule has 1 amide bonds. The van der Waals surface area contributed by atoms with Crippen LogP contribution in [-0.2, 0) is 27.3 Å². The molecule has 0 aliphatic carbocycles. The summed E-state index contributed by atoms with van der Waals surface area (Å²) in [6.45, 7) is 6.12. The van der Waals surface area contributed by atoms with Crippen molar-refractivity contribution in [3.63, 3.8) is 0 Å². The van der Waals surface area contributed by atoms with E-state index in [0.717, 1.165) is 17.5 Å². The van der Waals surface area contributed by atoms with Gasteiger partial charge in [-0.15, -0.1) is 0 Å². The monoisotopic (exact) mass is 471 g/mol. The molecule has 1 aliphatic heterocycles. The quantitative estimate of drug-likeness (QED) is 0.398. The highest BCUT2D eigenvalue weighted by molar-refractivity contribution is 5.82. The first-order valence-corrected chi connectivity index (χ1v) is 12.1. The van der Waals surface area contributed by atoms with Crippen LogP contribution in [0.25, 0.3) is 11.1 Å². The smallest absolute Gasteiger partial charge is 0.411 e. The summed E-state index contributed by atoms with van der Waals surface area (Å²) >= 11 is 0. The summed E-state index contributed by atoms with van der Waals surface area (Å²) in [6, 6.07) is 27.5. The van der Waals surface area contributed by atoms with E-state index in [2.05, 4.69) is 24.3 Å². The Morgan fingerprint density at radius 3 is 2.20 bits per heavy atom. The van der Waals surface area contributed by atoms with Crippen LogP contribution >= 0.6 is 0 Å².